The Labute approximate surface area is 99.6 Å². The lowest BCUT2D eigenvalue weighted by atomic mass is 9.94. The molecule has 2 aromatic heterocycles. The van der Waals surface area contributed by atoms with Crippen LogP contribution in [-0.4, -0.2) is 20.5 Å². The van der Waals surface area contributed by atoms with E-state index in [1.807, 2.05) is 6.07 Å². The van der Waals surface area contributed by atoms with E-state index in [9.17, 15) is 0 Å². The van der Waals surface area contributed by atoms with Gasteiger partial charge in [-0.1, -0.05) is 12.8 Å². The molecule has 1 saturated carbocycles. The second kappa shape index (κ2) is 3.70. The maximum atomic E-state index is 6.34. The molecule has 5 N–H and O–H groups in total. The van der Waals surface area contributed by atoms with Gasteiger partial charge in [-0.25, -0.2) is 9.97 Å². The third-order valence-corrected chi connectivity index (χ3v) is 3.54. The molecule has 0 radical (unpaired) electrons. The minimum Gasteiger partial charge on any atom is -0.384 e. The van der Waals surface area contributed by atoms with Crippen LogP contribution in [0.4, 0.5) is 5.82 Å². The Bertz CT molecular complexity index is 539. The van der Waals surface area contributed by atoms with E-state index in [1.54, 1.807) is 6.07 Å². The van der Waals surface area contributed by atoms with Crippen LogP contribution < -0.4 is 11.5 Å². The van der Waals surface area contributed by atoms with Gasteiger partial charge in [-0.3, -0.25) is 0 Å². The SMILES string of the molecule is Nc1ccc2[nH]c(CC3(N)CCCC3)nc2n1. The number of rotatable bonds is 2. The summed E-state index contributed by atoms with van der Waals surface area (Å²) in [6, 6.07) is 3.68. The zero-order valence-corrected chi connectivity index (χ0v) is 9.74. The molecular formula is C12H17N5. The van der Waals surface area contributed by atoms with Crippen LogP contribution in [0.3, 0.4) is 0 Å². The fourth-order valence-corrected chi connectivity index (χ4v) is 2.63. The van der Waals surface area contributed by atoms with Crippen molar-refractivity contribution in [1.29, 1.82) is 0 Å². The first-order valence-corrected chi connectivity index (χ1v) is 6.05. The van der Waals surface area contributed by atoms with Gasteiger partial charge in [-0.2, -0.15) is 0 Å². The quantitative estimate of drug-likeness (QED) is 0.727. The van der Waals surface area contributed by atoms with Gasteiger partial charge in [-0.15, -0.1) is 0 Å². The molecule has 1 fully saturated rings. The third-order valence-electron chi connectivity index (χ3n) is 3.54. The van der Waals surface area contributed by atoms with Gasteiger partial charge in [0.2, 0.25) is 0 Å². The number of H-pyrrole nitrogens is 1. The van der Waals surface area contributed by atoms with Crippen LogP contribution in [0.15, 0.2) is 12.1 Å². The number of hydrogen-bond donors (Lipinski definition) is 3. The van der Waals surface area contributed by atoms with E-state index in [2.05, 4.69) is 15.0 Å². The lowest BCUT2D eigenvalue weighted by Crippen LogP contribution is -2.39. The standard InChI is InChI=1S/C12H17N5/c13-9-4-3-8-11(16-9)17-10(15-8)7-12(14)5-1-2-6-12/h3-4H,1-2,5-7,14H2,(H3,13,15,16,17). The molecule has 0 aliphatic heterocycles. The average Bonchev–Trinajstić information content (AvgIpc) is 2.84. The smallest absolute Gasteiger partial charge is 0.179 e. The second-order valence-corrected chi connectivity index (χ2v) is 5.04. The van der Waals surface area contributed by atoms with Gasteiger partial charge < -0.3 is 16.5 Å². The van der Waals surface area contributed by atoms with Crippen molar-refractivity contribution in [3.63, 3.8) is 0 Å². The lowest BCUT2D eigenvalue weighted by molar-refractivity contribution is 0.428. The molecule has 0 bridgehead atoms. The number of anilines is 1. The van der Waals surface area contributed by atoms with E-state index in [4.69, 9.17) is 11.5 Å². The molecule has 0 saturated heterocycles. The Morgan fingerprint density at radius 2 is 2.00 bits per heavy atom. The molecule has 2 aromatic rings. The predicted molar refractivity (Wildman–Crippen MR) is 67.4 cm³/mol. The van der Waals surface area contributed by atoms with Gasteiger partial charge in [-0.05, 0) is 25.0 Å². The average molecular weight is 231 g/mol. The normalized spacial score (nSPS) is 18.9. The van der Waals surface area contributed by atoms with Crippen LogP contribution in [0.25, 0.3) is 11.2 Å². The topological polar surface area (TPSA) is 93.6 Å². The van der Waals surface area contributed by atoms with Gasteiger partial charge in [0.05, 0.1) is 5.52 Å². The van der Waals surface area contributed by atoms with Gasteiger partial charge in [0, 0.05) is 12.0 Å². The van der Waals surface area contributed by atoms with E-state index in [1.165, 1.54) is 12.8 Å². The number of nitrogen functional groups attached to an aromatic ring is 1. The van der Waals surface area contributed by atoms with E-state index in [0.29, 0.717) is 11.5 Å². The Kier molecular flexibility index (Phi) is 2.29. The van der Waals surface area contributed by atoms with Crippen molar-refractivity contribution in [3.8, 4) is 0 Å². The molecule has 0 unspecified atom stereocenters. The highest BCUT2D eigenvalue weighted by molar-refractivity contribution is 5.72. The summed E-state index contributed by atoms with van der Waals surface area (Å²) in [5, 5.41) is 0. The fourth-order valence-electron chi connectivity index (χ4n) is 2.63. The van der Waals surface area contributed by atoms with Crippen LogP contribution in [-0.2, 0) is 6.42 Å². The Morgan fingerprint density at radius 3 is 2.76 bits per heavy atom. The predicted octanol–water partition coefficient (Wildman–Crippen LogP) is 1.35. The van der Waals surface area contributed by atoms with Crippen molar-refractivity contribution in [2.45, 2.75) is 37.6 Å². The number of hydrogen-bond acceptors (Lipinski definition) is 4. The van der Waals surface area contributed by atoms with Gasteiger partial charge >= 0.3 is 0 Å². The number of fused-ring (bicyclic) bond motifs is 1. The van der Waals surface area contributed by atoms with Crippen LogP contribution in [0.2, 0.25) is 0 Å². The summed E-state index contributed by atoms with van der Waals surface area (Å²) in [5.74, 6) is 1.42. The molecule has 0 atom stereocenters. The van der Waals surface area contributed by atoms with Crippen molar-refractivity contribution in [1.82, 2.24) is 15.0 Å². The minimum atomic E-state index is -0.0839. The largest absolute Gasteiger partial charge is 0.384 e. The van der Waals surface area contributed by atoms with Crippen molar-refractivity contribution in [2.24, 2.45) is 5.73 Å². The number of nitrogens with zero attached hydrogens (tertiary/aromatic N) is 2. The first-order chi connectivity index (χ1) is 8.15. The summed E-state index contributed by atoms with van der Waals surface area (Å²) in [7, 11) is 0. The summed E-state index contributed by atoms with van der Waals surface area (Å²) >= 11 is 0. The number of nitrogens with one attached hydrogen (secondary N) is 1. The molecule has 90 valence electrons. The number of imidazole rings is 1. The molecule has 5 heteroatoms. The molecule has 5 nitrogen and oxygen atoms in total. The maximum Gasteiger partial charge on any atom is 0.179 e. The summed E-state index contributed by atoms with van der Waals surface area (Å²) in [6.45, 7) is 0. The van der Waals surface area contributed by atoms with E-state index in [-0.39, 0.29) is 5.54 Å². The Hall–Kier alpha value is -1.62. The second-order valence-electron chi connectivity index (χ2n) is 5.04. The number of aromatic amines is 1. The van der Waals surface area contributed by atoms with Crippen LogP contribution in [0, 0.1) is 0 Å². The minimum absolute atomic E-state index is 0.0839. The molecule has 2 heterocycles. The van der Waals surface area contributed by atoms with Crippen molar-refractivity contribution in [2.75, 3.05) is 5.73 Å². The number of pyridine rings is 1. The van der Waals surface area contributed by atoms with Gasteiger partial charge in [0.15, 0.2) is 5.65 Å². The highest BCUT2D eigenvalue weighted by Gasteiger charge is 2.30. The Morgan fingerprint density at radius 1 is 1.24 bits per heavy atom. The van der Waals surface area contributed by atoms with Crippen molar-refractivity contribution >= 4 is 17.0 Å². The fraction of sp³-hybridized carbons (Fsp3) is 0.500. The number of nitrogens with two attached hydrogens (primary N) is 2. The monoisotopic (exact) mass is 231 g/mol. The van der Waals surface area contributed by atoms with Crippen LogP contribution >= 0.6 is 0 Å². The lowest BCUT2D eigenvalue weighted by Gasteiger charge is -2.21. The Balaban J connectivity index is 1.90. The summed E-state index contributed by atoms with van der Waals surface area (Å²) < 4.78 is 0. The summed E-state index contributed by atoms with van der Waals surface area (Å²) in [5.41, 5.74) is 13.5. The first-order valence-electron chi connectivity index (χ1n) is 6.05. The van der Waals surface area contributed by atoms with E-state index in [0.717, 1.165) is 30.6 Å². The molecule has 3 rings (SSSR count). The highest BCUT2D eigenvalue weighted by Crippen LogP contribution is 2.30. The molecular weight excluding hydrogens is 214 g/mol. The van der Waals surface area contributed by atoms with Crippen molar-refractivity contribution < 1.29 is 0 Å². The zero-order valence-electron chi connectivity index (χ0n) is 9.74. The molecule has 0 spiro atoms. The third kappa shape index (κ3) is 1.98. The molecule has 17 heavy (non-hydrogen) atoms. The molecule has 1 aliphatic rings. The molecule has 0 aromatic carbocycles. The molecule has 1 aliphatic carbocycles. The van der Waals surface area contributed by atoms with Gasteiger partial charge in [0.1, 0.15) is 11.6 Å². The van der Waals surface area contributed by atoms with Crippen LogP contribution in [0.1, 0.15) is 31.5 Å². The number of aromatic nitrogens is 3. The van der Waals surface area contributed by atoms with Crippen molar-refractivity contribution in [3.05, 3.63) is 18.0 Å². The first kappa shape index (κ1) is 10.5. The van der Waals surface area contributed by atoms with Gasteiger partial charge in [0.25, 0.3) is 0 Å². The zero-order chi connectivity index (χ0) is 11.9. The van der Waals surface area contributed by atoms with E-state index >= 15 is 0 Å². The molecule has 0 amide bonds. The van der Waals surface area contributed by atoms with E-state index < -0.39 is 0 Å². The summed E-state index contributed by atoms with van der Waals surface area (Å²) in [4.78, 5) is 11.9. The highest BCUT2D eigenvalue weighted by atomic mass is 15.0. The van der Waals surface area contributed by atoms with Crippen LogP contribution in [0.5, 0.6) is 0 Å². The summed E-state index contributed by atoms with van der Waals surface area (Å²) in [6.07, 6.45) is 5.41. The maximum absolute atomic E-state index is 6.34.